The molecule has 1 aromatic heterocycles. The van der Waals surface area contributed by atoms with Crippen LogP contribution in [0.5, 0.6) is 0 Å². The first-order chi connectivity index (χ1) is 16.4. The quantitative estimate of drug-likeness (QED) is 0.337. The normalized spacial score (nSPS) is 11.9. The van der Waals surface area contributed by atoms with E-state index < -0.39 is 19.2 Å². The largest absolute Gasteiger partial charge is 0.475 e. The van der Waals surface area contributed by atoms with Gasteiger partial charge in [0.15, 0.2) is 0 Å². The highest BCUT2D eigenvalue weighted by Gasteiger charge is 2.26. The second kappa shape index (κ2) is 12.4. The van der Waals surface area contributed by atoms with Crippen molar-refractivity contribution in [3.05, 3.63) is 101 Å². The summed E-state index contributed by atoms with van der Waals surface area (Å²) in [7, 11) is -1.72. The SMILES string of the molecule is Cc1ccc(CC(NC(=O)OCCc2cccc(C=C(C#N)c3ccccn3)c2)B(O)O)cc1. The van der Waals surface area contributed by atoms with Gasteiger partial charge in [0.2, 0.25) is 0 Å². The molecule has 0 aliphatic rings. The molecule has 3 aromatic rings. The lowest BCUT2D eigenvalue weighted by molar-refractivity contribution is 0.144. The average molecular weight is 455 g/mol. The number of nitrogens with one attached hydrogen (secondary N) is 1. The Morgan fingerprint density at radius 3 is 2.62 bits per heavy atom. The number of alkyl carbamates (subject to hydrolysis) is 1. The van der Waals surface area contributed by atoms with Crippen LogP contribution in [0.25, 0.3) is 11.6 Å². The van der Waals surface area contributed by atoms with Crippen molar-refractivity contribution in [2.24, 2.45) is 0 Å². The molecular formula is C26H26BN3O4. The number of aryl methyl sites for hydroxylation is 1. The maximum Gasteiger partial charge on any atom is 0.475 e. The molecule has 0 aliphatic carbocycles. The van der Waals surface area contributed by atoms with Gasteiger partial charge in [0.05, 0.1) is 23.8 Å². The lowest BCUT2D eigenvalue weighted by Gasteiger charge is -2.18. The van der Waals surface area contributed by atoms with Gasteiger partial charge in [-0.15, -0.1) is 0 Å². The molecule has 1 atom stereocenters. The number of aromatic nitrogens is 1. The van der Waals surface area contributed by atoms with Crippen LogP contribution in [0, 0.1) is 18.3 Å². The molecule has 34 heavy (non-hydrogen) atoms. The van der Waals surface area contributed by atoms with E-state index in [0.717, 1.165) is 22.3 Å². The number of nitrogens with zero attached hydrogens (tertiary/aromatic N) is 2. The Kier molecular flexibility index (Phi) is 8.98. The minimum absolute atomic E-state index is 0.114. The van der Waals surface area contributed by atoms with Crippen LogP contribution in [0.15, 0.2) is 72.9 Å². The molecule has 0 aliphatic heterocycles. The first-order valence-corrected chi connectivity index (χ1v) is 10.9. The fourth-order valence-corrected chi connectivity index (χ4v) is 3.35. The second-order valence-corrected chi connectivity index (χ2v) is 7.87. The number of hydrogen-bond acceptors (Lipinski definition) is 6. The van der Waals surface area contributed by atoms with E-state index in [4.69, 9.17) is 4.74 Å². The summed E-state index contributed by atoms with van der Waals surface area (Å²) in [5.74, 6) is -0.889. The Bertz CT molecular complexity index is 1160. The topological polar surface area (TPSA) is 115 Å². The van der Waals surface area contributed by atoms with E-state index >= 15 is 0 Å². The van der Waals surface area contributed by atoms with Gasteiger partial charge in [0.25, 0.3) is 0 Å². The predicted molar refractivity (Wildman–Crippen MR) is 131 cm³/mol. The van der Waals surface area contributed by atoms with E-state index in [1.54, 1.807) is 24.4 Å². The number of allylic oxidation sites excluding steroid dienone is 1. The van der Waals surface area contributed by atoms with Crippen LogP contribution in [0.4, 0.5) is 4.79 Å². The van der Waals surface area contributed by atoms with E-state index in [1.807, 2.05) is 61.5 Å². The summed E-state index contributed by atoms with van der Waals surface area (Å²) in [5, 5.41) is 31.3. The molecule has 0 saturated heterocycles. The van der Waals surface area contributed by atoms with Crippen LogP contribution in [-0.2, 0) is 17.6 Å². The zero-order valence-corrected chi connectivity index (χ0v) is 18.9. The van der Waals surface area contributed by atoms with Gasteiger partial charge in [-0.1, -0.05) is 60.2 Å². The molecule has 2 aromatic carbocycles. The maximum atomic E-state index is 12.2. The molecule has 1 unspecified atom stereocenters. The van der Waals surface area contributed by atoms with E-state index in [1.165, 1.54) is 0 Å². The van der Waals surface area contributed by atoms with Gasteiger partial charge in [-0.05, 0) is 48.2 Å². The first kappa shape index (κ1) is 24.7. The van der Waals surface area contributed by atoms with Crippen molar-refractivity contribution in [3.8, 4) is 6.07 Å². The number of carbonyl (C=O) groups is 1. The molecule has 8 heteroatoms. The molecule has 0 saturated carbocycles. The third-order valence-corrected chi connectivity index (χ3v) is 5.19. The summed E-state index contributed by atoms with van der Waals surface area (Å²) >= 11 is 0. The molecule has 1 amide bonds. The molecule has 7 nitrogen and oxygen atoms in total. The Balaban J connectivity index is 1.54. The Labute approximate surface area is 199 Å². The van der Waals surface area contributed by atoms with Gasteiger partial charge in [-0.2, -0.15) is 5.26 Å². The van der Waals surface area contributed by atoms with E-state index in [0.29, 0.717) is 17.7 Å². The van der Waals surface area contributed by atoms with Gasteiger partial charge in [0, 0.05) is 12.6 Å². The van der Waals surface area contributed by atoms with Crippen molar-refractivity contribution in [3.63, 3.8) is 0 Å². The zero-order chi connectivity index (χ0) is 24.3. The van der Waals surface area contributed by atoms with E-state index in [-0.39, 0.29) is 13.0 Å². The number of hydrogen-bond donors (Lipinski definition) is 3. The monoisotopic (exact) mass is 455 g/mol. The van der Waals surface area contributed by atoms with Gasteiger partial charge >= 0.3 is 13.2 Å². The highest BCUT2D eigenvalue weighted by Crippen LogP contribution is 2.17. The number of amides is 1. The fourth-order valence-electron chi connectivity index (χ4n) is 3.35. The van der Waals surface area contributed by atoms with Crippen LogP contribution in [-0.4, -0.2) is 40.8 Å². The number of carbonyl (C=O) groups excluding carboxylic acids is 1. The number of nitriles is 1. The fraction of sp³-hybridized carbons (Fsp3) is 0.192. The highest BCUT2D eigenvalue weighted by atomic mass is 16.5. The Hall–Kier alpha value is -3.93. The minimum Gasteiger partial charge on any atom is -0.449 e. The molecule has 0 spiro atoms. The van der Waals surface area contributed by atoms with Gasteiger partial charge in [-0.25, -0.2) is 4.79 Å². The van der Waals surface area contributed by atoms with Crippen molar-refractivity contribution in [1.29, 1.82) is 5.26 Å². The molecule has 0 bridgehead atoms. The van der Waals surface area contributed by atoms with Gasteiger partial charge in [0.1, 0.15) is 6.07 Å². The molecule has 172 valence electrons. The van der Waals surface area contributed by atoms with Gasteiger partial charge < -0.3 is 20.1 Å². The minimum atomic E-state index is -1.72. The van der Waals surface area contributed by atoms with Crippen molar-refractivity contribution in [2.45, 2.75) is 25.7 Å². The van der Waals surface area contributed by atoms with E-state index in [2.05, 4.69) is 16.4 Å². The third-order valence-electron chi connectivity index (χ3n) is 5.19. The molecule has 0 fully saturated rings. The summed E-state index contributed by atoms with van der Waals surface area (Å²) in [5.41, 5.74) is 4.79. The second-order valence-electron chi connectivity index (χ2n) is 7.87. The number of rotatable bonds is 9. The molecule has 3 N–H and O–H groups in total. The highest BCUT2D eigenvalue weighted by molar-refractivity contribution is 6.43. The molecule has 3 rings (SSSR count). The van der Waals surface area contributed by atoms with Crippen molar-refractivity contribution < 1.29 is 19.6 Å². The standard InChI is InChI=1S/C26H26BN3O4/c1-19-8-10-21(11-9-19)17-25(27(32)33)30-26(31)34-14-12-20-5-4-6-22(15-20)16-23(18-28)24-7-2-3-13-29-24/h2-11,13,15-16,25,32-33H,12,14,17H2,1H3,(H,30,31). The average Bonchev–Trinajstić information content (AvgIpc) is 2.84. The lowest BCUT2D eigenvalue weighted by Crippen LogP contribution is -2.48. The van der Waals surface area contributed by atoms with Crippen molar-refractivity contribution in [1.82, 2.24) is 10.3 Å². The number of ether oxygens (including phenoxy) is 1. The van der Waals surface area contributed by atoms with Crippen LogP contribution in [0.1, 0.15) is 27.9 Å². The van der Waals surface area contributed by atoms with Crippen LogP contribution in [0.3, 0.4) is 0 Å². The zero-order valence-electron chi connectivity index (χ0n) is 18.9. The smallest absolute Gasteiger partial charge is 0.449 e. The van der Waals surface area contributed by atoms with Crippen molar-refractivity contribution in [2.75, 3.05) is 6.61 Å². The Morgan fingerprint density at radius 2 is 1.94 bits per heavy atom. The van der Waals surface area contributed by atoms with E-state index in [9.17, 15) is 20.1 Å². The Morgan fingerprint density at radius 1 is 1.15 bits per heavy atom. The molecule has 1 heterocycles. The lowest BCUT2D eigenvalue weighted by atomic mass is 9.76. The van der Waals surface area contributed by atoms with Crippen LogP contribution < -0.4 is 5.32 Å². The summed E-state index contributed by atoms with van der Waals surface area (Å²) in [6.45, 7) is 2.08. The molecule has 0 radical (unpaired) electrons. The van der Waals surface area contributed by atoms with Gasteiger partial charge in [-0.3, -0.25) is 4.98 Å². The summed E-state index contributed by atoms with van der Waals surface area (Å²) < 4.78 is 5.24. The number of pyridine rings is 1. The first-order valence-electron chi connectivity index (χ1n) is 10.9. The summed E-state index contributed by atoms with van der Waals surface area (Å²) in [6, 6.07) is 22.8. The van der Waals surface area contributed by atoms with Crippen LogP contribution >= 0.6 is 0 Å². The maximum absolute atomic E-state index is 12.2. The molecular weight excluding hydrogens is 429 g/mol. The third kappa shape index (κ3) is 7.59. The number of benzene rings is 2. The van der Waals surface area contributed by atoms with Crippen molar-refractivity contribution >= 4 is 24.9 Å². The predicted octanol–water partition coefficient (Wildman–Crippen LogP) is 3.35. The summed E-state index contributed by atoms with van der Waals surface area (Å²) in [6.07, 6.45) is 3.41. The van der Waals surface area contributed by atoms with Crippen LogP contribution in [0.2, 0.25) is 0 Å². The summed E-state index contributed by atoms with van der Waals surface area (Å²) in [4.78, 5) is 16.4.